The van der Waals surface area contributed by atoms with E-state index in [4.69, 9.17) is 49.6 Å². The summed E-state index contributed by atoms with van der Waals surface area (Å²) in [7, 11) is 0. The molecule has 0 saturated heterocycles. The molecule has 22 nitrogen and oxygen atoms in total. The van der Waals surface area contributed by atoms with E-state index in [1.54, 1.807) is 36.4 Å². The maximum absolute atomic E-state index is 13.6. The largest absolute Gasteiger partial charge is 0.488 e. The summed E-state index contributed by atoms with van der Waals surface area (Å²) in [5.74, 6) is -4.91. The van der Waals surface area contributed by atoms with Crippen molar-refractivity contribution in [3.8, 4) is 11.5 Å². The summed E-state index contributed by atoms with van der Waals surface area (Å²) in [6, 6.07) is 17.6. The Morgan fingerprint density at radius 3 is 1.69 bits per heavy atom. The molecule has 394 valence electrons. The lowest BCUT2D eigenvalue weighted by Gasteiger charge is -2.26. The lowest BCUT2D eigenvalue weighted by Crippen LogP contribution is -2.46. The number of ether oxygens (including phenoxy) is 2. The number of guanidine groups is 1. The Bertz CT molecular complexity index is 2780. The van der Waals surface area contributed by atoms with Gasteiger partial charge in [0.2, 0.25) is 23.6 Å². The van der Waals surface area contributed by atoms with Crippen molar-refractivity contribution in [1.29, 1.82) is 0 Å². The van der Waals surface area contributed by atoms with Crippen LogP contribution >= 0.6 is 0 Å². The third-order valence-corrected chi connectivity index (χ3v) is 12.5. The van der Waals surface area contributed by atoms with Crippen LogP contribution in [0, 0.1) is 17.8 Å². The average Bonchev–Trinajstić information content (AvgIpc) is 3.36. The molecular weight excluding hydrogens is 953 g/mol. The molecule has 22 heteroatoms. The van der Waals surface area contributed by atoms with Crippen LogP contribution in [-0.4, -0.2) is 78.6 Å². The fourth-order valence-corrected chi connectivity index (χ4v) is 8.14. The van der Waals surface area contributed by atoms with Gasteiger partial charge in [0.1, 0.15) is 24.7 Å². The van der Waals surface area contributed by atoms with Crippen LogP contribution in [0.3, 0.4) is 0 Å². The number of ketones is 2. The highest BCUT2D eigenvalue weighted by molar-refractivity contribution is 6.04. The molecule has 0 fully saturated rings. The molecule has 4 aromatic rings. The molecular formula is C52H66N12O10. The van der Waals surface area contributed by atoms with E-state index in [1.165, 1.54) is 36.4 Å². The predicted octanol–water partition coefficient (Wildman–Crippen LogP) is 3.01. The number of nitrogens with two attached hydrogens (primary N) is 7. The molecule has 0 saturated carbocycles. The van der Waals surface area contributed by atoms with Gasteiger partial charge in [0.15, 0.2) is 17.5 Å². The maximum atomic E-state index is 13.6. The Kier molecular flexibility index (Phi) is 20.4. The number of nitrogens with one attached hydrogen (secondary N) is 4. The molecule has 0 bridgehead atoms. The van der Waals surface area contributed by atoms with Crippen LogP contribution in [0.4, 0.5) is 22.7 Å². The van der Waals surface area contributed by atoms with E-state index in [1.807, 2.05) is 13.8 Å². The summed E-state index contributed by atoms with van der Waals surface area (Å²) in [6.45, 7) is 4.24. The van der Waals surface area contributed by atoms with Crippen molar-refractivity contribution in [2.75, 3.05) is 41.7 Å². The van der Waals surface area contributed by atoms with E-state index < -0.39 is 47.4 Å². The van der Waals surface area contributed by atoms with Gasteiger partial charge >= 0.3 is 0 Å². The fraction of sp³-hybridized carbons (Fsp3) is 0.365. The van der Waals surface area contributed by atoms with Crippen LogP contribution in [0.5, 0.6) is 11.5 Å². The molecule has 74 heavy (non-hydrogen) atoms. The second kappa shape index (κ2) is 26.8. The SMILES string of the molecule is CC[C@H](C)[C@@H]1NC(=O)c2cc(N)ccc2OCc2ccc(C(N)=O)cc2NC(=O)[C@H](CCCN=C(N)N)CC1=O.NCCCC[C@@H]1CC(=O)CNC(=O)c2cc(N)ccc2OCc2ccc(C(N)=O)cc2NC1=O. The number of hydrogen-bond acceptors (Lipinski definition) is 14. The number of aliphatic imine (C=N–C) groups is 1. The van der Waals surface area contributed by atoms with E-state index in [0.29, 0.717) is 78.9 Å². The van der Waals surface area contributed by atoms with E-state index in [-0.39, 0.29) is 102 Å². The molecule has 4 aromatic carbocycles. The van der Waals surface area contributed by atoms with Crippen LogP contribution < -0.4 is 70.9 Å². The van der Waals surface area contributed by atoms with Crippen LogP contribution in [0.1, 0.15) is 118 Å². The van der Waals surface area contributed by atoms with Gasteiger partial charge in [0.05, 0.1) is 23.7 Å². The number of fused-ring (bicyclic) bond motifs is 4. The molecule has 0 radical (unpaired) electrons. The highest BCUT2D eigenvalue weighted by atomic mass is 16.5. The Balaban J connectivity index is 0.000000278. The van der Waals surface area contributed by atoms with Gasteiger partial charge in [-0.25, -0.2) is 0 Å². The van der Waals surface area contributed by atoms with Gasteiger partial charge in [0, 0.05) is 76.2 Å². The molecule has 0 unspecified atom stereocenters. The van der Waals surface area contributed by atoms with Crippen molar-refractivity contribution in [3.63, 3.8) is 0 Å². The molecule has 6 rings (SSSR count). The summed E-state index contributed by atoms with van der Waals surface area (Å²) in [5, 5.41) is 11.1. The number of anilines is 4. The maximum Gasteiger partial charge on any atom is 0.255 e. The van der Waals surface area contributed by atoms with Crippen molar-refractivity contribution >= 4 is 75.7 Å². The number of benzene rings is 4. The molecule has 2 aliphatic rings. The number of hydrogen-bond donors (Lipinski definition) is 11. The minimum absolute atomic E-state index is 0.00434. The zero-order valence-corrected chi connectivity index (χ0v) is 41.5. The van der Waals surface area contributed by atoms with E-state index in [9.17, 15) is 38.4 Å². The number of carbonyl (C=O) groups is 8. The zero-order chi connectivity index (χ0) is 54.1. The van der Waals surface area contributed by atoms with Crippen LogP contribution in [0.2, 0.25) is 0 Å². The summed E-state index contributed by atoms with van der Waals surface area (Å²) in [4.78, 5) is 107. The first-order valence-electron chi connectivity index (χ1n) is 24.2. The number of unbranched alkanes of at least 4 members (excludes halogenated alkanes) is 1. The van der Waals surface area contributed by atoms with Crippen molar-refractivity contribution in [3.05, 3.63) is 106 Å². The van der Waals surface area contributed by atoms with E-state index in [2.05, 4.69) is 26.3 Å². The van der Waals surface area contributed by atoms with Gasteiger partial charge in [-0.2, -0.15) is 0 Å². The number of carbonyl (C=O) groups excluding carboxylic acids is 8. The van der Waals surface area contributed by atoms with Crippen LogP contribution in [0.15, 0.2) is 77.8 Å². The molecule has 4 atom stereocenters. The third-order valence-electron chi connectivity index (χ3n) is 12.5. The number of amides is 6. The minimum atomic E-state index is -0.850. The van der Waals surface area contributed by atoms with Crippen molar-refractivity contribution < 1.29 is 47.8 Å². The van der Waals surface area contributed by atoms with Gasteiger partial charge in [-0.1, -0.05) is 38.8 Å². The summed E-state index contributed by atoms with van der Waals surface area (Å²) < 4.78 is 11.9. The summed E-state index contributed by atoms with van der Waals surface area (Å²) >= 11 is 0. The molecule has 0 aliphatic carbocycles. The quantitative estimate of drug-likeness (QED) is 0.0421. The number of nitrogen functional groups attached to an aromatic ring is 2. The van der Waals surface area contributed by atoms with E-state index >= 15 is 0 Å². The monoisotopic (exact) mass is 1020 g/mol. The predicted molar refractivity (Wildman–Crippen MR) is 280 cm³/mol. The number of nitrogens with zero attached hydrogens (tertiary/aromatic N) is 1. The van der Waals surface area contributed by atoms with Crippen molar-refractivity contribution in [1.82, 2.24) is 10.6 Å². The topological polar surface area (TPSA) is 398 Å². The Morgan fingerprint density at radius 2 is 1.19 bits per heavy atom. The molecule has 0 spiro atoms. The minimum Gasteiger partial charge on any atom is -0.488 e. The number of Topliss-reactive ketones (excluding diaryl/α,β-unsaturated/α-hetero) is 2. The summed E-state index contributed by atoms with van der Waals surface area (Å²) in [5.41, 5.74) is 42.3. The first kappa shape index (κ1) is 56.4. The molecule has 18 N–H and O–H groups in total. The highest BCUT2D eigenvalue weighted by Gasteiger charge is 2.32. The second-order valence-corrected chi connectivity index (χ2v) is 18.1. The van der Waals surface area contributed by atoms with Gasteiger partial charge in [-0.15, -0.1) is 0 Å². The van der Waals surface area contributed by atoms with Crippen LogP contribution in [-0.2, 0) is 32.4 Å². The Morgan fingerprint density at radius 1 is 0.676 bits per heavy atom. The number of primary amides is 2. The average molecular weight is 1020 g/mol. The van der Waals surface area contributed by atoms with Gasteiger partial charge in [-0.05, 0) is 98.8 Å². The molecule has 2 aliphatic heterocycles. The van der Waals surface area contributed by atoms with Gasteiger partial charge in [-0.3, -0.25) is 43.3 Å². The zero-order valence-electron chi connectivity index (χ0n) is 41.5. The second-order valence-electron chi connectivity index (χ2n) is 18.1. The molecule has 6 amide bonds. The standard InChI is InChI=1S/C28H37N7O5.C24H29N5O5/c1-3-15(2)24-22(36)12-17(5-4-10-33-28(31)32)26(38)34-21-11-16(25(30)37)6-7-18(21)14-40-23-9-8-19(29)13-20(23)27(39)35-24;25-8-2-1-3-15-9-18(30)12-28-24(33)19-11-17(26)6-7-21(19)34-13-16-5-4-14(22(27)31)10-20(16)29-23(15)32/h6-9,11,13,15,17,24H,3-5,10,12,14,29H2,1-2H3,(H2,30,37)(H,34,38)(H,35,39)(H4,31,32,33);4-7,10-11,15H,1-3,8-9,12-13,25-26H2,(H2,27,31)(H,28,33)(H,29,32)/t15-,17+,24-;15-/m01/s1. The van der Waals surface area contributed by atoms with Gasteiger partial charge < -0.3 is 70.9 Å². The first-order chi connectivity index (χ1) is 35.3. The smallest absolute Gasteiger partial charge is 0.255 e. The lowest BCUT2D eigenvalue weighted by atomic mass is 9.87. The normalized spacial score (nSPS) is 17.8. The van der Waals surface area contributed by atoms with Crippen molar-refractivity contribution in [2.24, 2.45) is 51.4 Å². The first-order valence-corrected chi connectivity index (χ1v) is 24.2. The fourth-order valence-electron chi connectivity index (χ4n) is 8.14. The molecule has 2 heterocycles. The summed E-state index contributed by atoms with van der Waals surface area (Å²) in [6.07, 6.45) is 2.99. The van der Waals surface area contributed by atoms with Crippen LogP contribution in [0.25, 0.3) is 0 Å². The third kappa shape index (κ3) is 16.0. The Hall–Kier alpha value is -8.53. The lowest BCUT2D eigenvalue weighted by molar-refractivity contribution is -0.128. The number of rotatable bonds is 12. The highest BCUT2D eigenvalue weighted by Crippen LogP contribution is 2.30. The molecule has 0 aromatic heterocycles. The van der Waals surface area contributed by atoms with Gasteiger partial charge in [0.25, 0.3) is 11.8 Å². The Labute approximate surface area is 428 Å². The van der Waals surface area contributed by atoms with Crippen molar-refractivity contribution in [2.45, 2.75) is 84.5 Å². The van der Waals surface area contributed by atoms with E-state index in [0.717, 1.165) is 0 Å².